The molecular weight excluding hydrogens is 551 g/mol. The third-order valence-electron chi connectivity index (χ3n) is 7.27. The zero-order valence-electron chi connectivity index (χ0n) is 21.8. The molecule has 0 N–H and O–H groups in total. The van der Waals surface area contributed by atoms with Crippen LogP contribution < -0.4 is 0 Å². The van der Waals surface area contributed by atoms with Gasteiger partial charge in [-0.2, -0.15) is 0 Å². The number of carbonyl (C=O) groups is 1. The molecule has 3 aromatic rings. The molecule has 0 aromatic heterocycles. The Morgan fingerprint density at radius 3 is 1.71 bits per heavy atom. The first-order valence-electron chi connectivity index (χ1n) is 13.6. The fourth-order valence-electron chi connectivity index (χ4n) is 5.45. The second kappa shape index (κ2) is 14.9. The zero-order valence-corrected chi connectivity index (χ0v) is 25.5. The summed E-state index contributed by atoms with van der Waals surface area (Å²) < 4.78 is 4.81. The summed E-state index contributed by atoms with van der Waals surface area (Å²) >= 11 is -1.32. The molecule has 1 atom stereocenters. The third-order valence-corrected chi connectivity index (χ3v) is 25.2. The minimum atomic E-state index is -2.75. The Kier molecular flexibility index (Phi) is 11.9. The van der Waals surface area contributed by atoms with Crippen LogP contribution in [0, 0.1) is 0 Å². The summed E-state index contributed by atoms with van der Waals surface area (Å²) in [6.07, 6.45) is 7.81. The molecule has 3 rings (SSSR count). The molecule has 3 heteroatoms. The number of benzene rings is 3. The average molecular weight is 593 g/mol. The van der Waals surface area contributed by atoms with Crippen molar-refractivity contribution in [1.82, 2.24) is 0 Å². The molecule has 0 fully saturated rings. The first kappa shape index (κ1) is 28.1. The topological polar surface area (TPSA) is 17.1 Å². The van der Waals surface area contributed by atoms with Crippen LogP contribution >= 0.6 is 11.8 Å². The van der Waals surface area contributed by atoms with E-state index in [1.54, 1.807) is 0 Å². The summed E-state index contributed by atoms with van der Waals surface area (Å²) in [5, 5.41) is 0.140. The van der Waals surface area contributed by atoms with Crippen molar-refractivity contribution in [2.75, 3.05) is 0 Å². The van der Waals surface area contributed by atoms with Gasteiger partial charge in [0.1, 0.15) is 0 Å². The maximum absolute atomic E-state index is 13.3. The van der Waals surface area contributed by atoms with Crippen molar-refractivity contribution in [2.45, 2.75) is 81.4 Å². The first-order chi connectivity index (χ1) is 17.1. The second-order valence-corrected chi connectivity index (χ2v) is 24.5. The van der Waals surface area contributed by atoms with Gasteiger partial charge in [-0.15, -0.1) is 0 Å². The number of hydrogen-bond donors (Lipinski definition) is 0. The van der Waals surface area contributed by atoms with Crippen LogP contribution in [-0.2, 0) is 0 Å². The number of rotatable bonds is 14. The standard InChI is InChI=1S/C20H15OS.3C4H9.Sn/c21-20(17-11-5-2-6-12-17)22-19-14-8-7-13-18(19)15-16-9-3-1-4-10-16;3*1-3-4-2;/h1-15H;3*1,3-4H2,2H3;. The van der Waals surface area contributed by atoms with Crippen molar-refractivity contribution < 1.29 is 4.79 Å². The predicted molar refractivity (Wildman–Crippen MR) is 156 cm³/mol. The van der Waals surface area contributed by atoms with Gasteiger partial charge in [-0.25, -0.2) is 0 Å². The van der Waals surface area contributed by atoms with Crippen LogP contribution in [0.4, 0.5) is 0 Å². The van der Waals surface area contributed by atoms with Gasteiger partial charge in [0.2, 0.25) is 0 Å². The van der Waals surface area contributed by atoms with Crippen LogP contribution in [-0.4, -0.2) is 23.5 Å². The second-order valence-electron chi connectivity index (χ2n) is 9.81. The fourth-order valence-corrected chi connectivity index (χ4v) is 25.5. The molecular formula is C32H42OSSn. The molecule has 0 aliphatic heterocycles. The van der Waals surface area contributed by atoms with E-state index < -0.39 is 18.4 Å². The summed E-state index contributed by atoms with van der Waals surface area (Å²) in [7, 11) is 0. The Labute approximate surface area is 222 Å². The van der Waals surface area contributed by atoms with Gasteiger partial charge in [-0.05, 0) is 0 Å². The molecule has 0 amide bonds. The molecule has 1 nitrogen and oxygen atoms in total. The average Bonchev–Trinajstić information content (AvgIpc) is 2.91. The van der Waals surface area contributed by atoms with Gasteiger partial charge in [0, 0.05) is 0 Å². The summed E-state index contributed by atoms with van der Waals surface area (Å²) in [6.45, 7) is 7.03. The first-order valence-corrected chi connectivity index (χ1v) is 22.1. The van der Waals surface area contributed by atoms with Gasteiger partial charge in [0.25, 0.3) is 0 Å². The maximum atomic E-state index is 13.3. The number of unbranched alkanes of at least 4 members (excludes halogenated alkanes) is 3. The van der Waals surface area contributed by atoms with Crippen LogP contribution in [0.1, 0.15) is 84.7 Å². The molecule has 0 heterocycles. The summed E-state index contributed by atoms with van der Waals surface area (Å²) in [4.78, 5) is 14.4. The van der Waals surface area contributed by atoms with E-state index in [-0.39, 0.29) is 5.12 Å². The quantitative estimate of drug-likeness (QED) is 0.137. The molecule has 35 heavy (non-hydrogen) atoms. The van der Waals surface area contributed by atoms with Crippen molar-refractivity contribution in [3.8, 4) is 0 Å². The molecule has 0 bridgehead atoms. The van der Waals surface area contributed by atoms with Crippen LogP contribution in [0.25, 0.3) is 0 Å². The van der Waals surface area contributed by atoms with E-state index in [1.807, 2.05) is 30.3 Å². The Bertz CT molecular complexity index is 996. The van der Waals surface area contributed by atoms with Gasteiger partial charge in [0.15, 0.2) is 0 Å². The van der Waals surface area contributed by atoms with E-state index in [1.165, 1.54) is 74.7 Å². The van der Waals surface area contributed by atoms with E-state index >= 15 is 0 Å². The van der Waals surface area contributed by atoms with Crippen LogP contribution in [0.15, 0.2) is 89.8 Å². The van der Waals surface area contributed by atoms with Gasteiger partial charge in [-0.1, -0.05) is 0 Å². The third kappa shape index (κ3) is 7.73. The van der Waals surface area contributed by atoms with Crippen molar-refractivity contribution >= 4 is 35.3 Å². The Hall–Kier alpha value is -1.52. The summed E-state index contributed by atoms with van der Waals surface area (Å²) in [6, 6.07) is 29.9. The number of carbonyl (C=O) groups excluding carboxylic acids is 1. The number of thioether (sulfide) groups is 1. The van der Waals surface area contributed by atoms with E-state index in [0.717, 1.165) is 10.5 Å². The Morgan fingerprint density at radius 1 is 0.686 bits per heavy atom. The summed E-state index contributed by atoms with van der Waals surface area (Å²) in [5.74, 6) is 0. The van der Waals surface area contributed by atoms with Crippen LogP contribution in [0.2, 0.25) is 13.3 Å². The summed E-state index contributed by atoms with van der Waals surface area (Å²) in [5.41, 5.74) is 3.67. The minimum absolute atomic E-state index is 0.140. The van der Waals surface area contributed by atoms with E-state index in [0.29, 0.717) is 3.93 Å². The fraction of sp³-hybridized carbons (Fsp3) is 0.406. The van der Waals surface area contributed by atoms with Gasteiger partial charge in [0.05, 0.1) is 0 Å². The van der Waals surface area contributed by atoms with Crippen molar-refractivity contribution in [2.24, 2.45) is 0 Å². The normalized spacial score (nSPS) is 12.4. The molecule has 0 saturated heterocycles. The monoisotopic (exact) mass is 594 g/mol. The number of hydrogen-bond acceptors (Lipinski definition) is 2. The molecule has 1 unspecified atom stereocenters. The molecule has 0 aliphatic carbocycles. The van der Waals surface area contributed by atoms with Gasteiger partial charge >= 0.3 is 223 Å². The van der Waals surface area contributed by atoms with Crippen LogP contribution in [0.3, 0.4) is 0 Å². The van der Waals surface area contributed by atoms with Crippen LogP contribution in [0.5, 0.6) is 0 Å². The zero-order chi connectivity index (χ0) is 24.9. The van der Waals surface area contributed by atoms with Crippen molar-refractivity contribution in [3.63, 3.8) is 0 Å². The predicted octanol–water partition coefficient (Wildman–Crippen LogP) is 10.1. The van der Waals surface area contributed by atoms with E-state index in [4.69, 9.17) is 0 Å². The van der Waals surface area contributed by atoms with Gasteiger partial charge < -0.3 is 0 Å². The van der Waals surface area contributed by atoms with Crippen molar-refractivity contribution in [3.05, 3.63) is 102 Å². The molecule has 0 saturated carbocycles. The van der Waals surface area contributed by atoms with E-state index in [9.17, 15) is 4.79 Å². The molecule has 186 valence electrons. The van der Waals surface area contributed by atoms with Gasteiger partial charge in [-0.3, -0.25) is 0 Å². The molecule has 0 spiro atoms. The molecule has 0 aliphatic rings. The van der Waals surface area contributed by atoms with Crippen molar-refractivity contribution in [1.29, 1.82) is 0 Å². The Balaban J connectivity index is 2.14. The molecule has 3 aromatic carbocycles. The van der Waals surface area contributed by atoms with E-state index in [2.05, 4.69) is 75.4 Å². The Morgan fingerprint density at radius 2 is 1.17 bits per heavy atom. The molecule has 0 radical (unpaired) electrons. The SMILES string of the molecule is CCC[CH2][Sn]([CH2]CCC)([CH2]CCC)[CH](c1ccccc1)c1ccccc1SC(=O)c1ccccc1.